The third-order valence-electron chi connectivity index (χ3n) is 6.21. The molecule has 0 radical (unpaired) electrons. The zero-order valence-electron chi connectivity index (χ0n) is 17.6. The number of para-hydroxylation sites is 1. The van der Waals surface area contributed by atoms with Crippen LogP contribution >= 0.6 is 0 Å². The van der Waals surface area contributed by atoms with Crippen molar-refractivity contribution in [1.82, 2.24) is 24.8 Å². The Labute approximate surface area is 181 Å². The summed E-state index contributed by atoms with van der Waals surface area (Å²) >= 11 is 0. The van der Waals surface area contributed by atoms with Gasteiger partial charge in [0.1, 0.15) is 0 Å². The van der Waals surface area contributed by atoms with E-state index in [-0.39, 0.29) is 5.56 Å². The minimum absolute atomic E-state index is 0.0416. The maximum absolute atomic E-state index is 12.4. The highest BCUT2D eigenvalue weighted by molar-refractivity contribution is 5.78. The van der Waals surface area contributed by atoms with Gasteiger partial charge in [0.05, 0.1) is 22.2 Å². The quantitative estimate of drug-likeness (QED) is 0.526. The van der Waals surface area contributed by atoms with Crippen LogP contribution in [0.2, 0.25) is 0 Å². The summed E-state index contributed by atoms with van der Waals surface area (Å²) in [4.78, 5) is 23.9. The van der Waals surface area contributed by atoms with Crippen LogP contribution in [0.3, 0.4) is 0 Å². The van der Waals surface area contributed by atoms with Crippen molar-refractivity contribution in [3.8, 4) is 0 Å². The van der Waals surface area contributed by atoms with Gasteiger partial charge in [-0.05, 0) is 56.3 Å². The van der Waals surface area contributed by atoms with Gasteiger partial charge in [0, 0.05) is 43.3 Å². The molecule has 0 unspecified atom stereocenters. The van der Waals surface area contributed by atoms with E-state index in [0.29, 0.717) is 12.6 Å². The number of hydrogen-bond acceptors (Lipinski definition) is 5. The lowest BCUT2D eigenvalue weighted by molar-refractivity contribution is 0.191. The Hall–Kier alpha value is -3.09. The predicted octanol–water partition coefficient (Wildman–Crippen LogP) is 3.20. The summed E-state index contributed by atoms with van der Waals surface area (Å²) in [6.45, 7) is 4.46. The SMILES string of the molecule is O=c1ccc2ncccc2n1CCN1CCC(NCc2ccc3ccccc3n2)CC1. The van der Waals surface area contributed by atoms with E-state index >= 15 is 0 Å². The molecule has 6 heteroatoms. The molecular weight excluding hydrogens is 386 g/mol. The van der Waals surface area contributed by atoms with Crippen LogP contribution < -0.4 is 10.9 Å². The largest absolute Gasteiger partial charge is 0.308 e. The molecular formula is C25H27N5O. The number of nitrogens with zero attached hydrogens (tertiary/aromatic N) is 4. The molecule has 4 heterocycles. The first-order valence-corrected chi connectivity index (χ1v) is 11.0. The number of nitrogens with one attached hydrogen (secondary N) is 1. The second-order valence-electron chi connectivity index (χ2n) is 8.22. The molecule has 6 nitrogen and oxygen atoms in total. The van der Waals surface area contributed by atoms with Crippen molar-refractivity contribution in [2.24, 2.45) is 0 Å². The minimum Gasteiger partial charge on any atom is -0.308 e. The highest BCUT2D eigenvalue weighted by Gasteiger charge is 2.19. The third-order valence-corrected chi connectivity index (χ3v) is 6.21. The average Bonchev–Trinajstić information content (AvgIpc) is 2.82. The van der Waals surface area contributed by atoms with E-state index in [0.717, 1.165) is 61.3 Å². The second-order valence-corrected chi connectivity index (χ2v) is 8.22. The fourth-order valence-corrected chi connectivity index (χ4v) is 4.41. The summed E-state index contributed by atoms with van der Waals surface area (Å²) in [6.07, 6.45) is 3.99. The summed E-state index contributed by atoms with van der Waals surface area (Å²) in [7, 11) is 0. The second kappa shape index (κ2) is 8.96. The predicted molar refractivity (Wildman–Crippen MR) is 124 cm³/mol. The molecule has 5 rings (SSSR count). The molecule has 0 atom stereocenters. The standard InChI is InChI=1S/C25H27N5O/c31-25-10-9-23-24(6-3-13-26-23)30(25)17-16-29-14-11-20(12-15-29)27-18-21-8-7-19-4-1-2-5-22(19)28-21/h1-10,13,20,27H,11-12,14-18H2. The van der Waals surface area contributed by atoms with Gasteiger partial charge in [-0.15, -0.1) is 0 Å². The van der Waals surface area contributed by atoms with Gasteiger partial charge < -0.3 is 14.8 Å². The molecule has 0 spiro atoms. The van der Waals surface area contributed by atoms with Gasteiger partial charge >= 0.3 is 0 Å². The van der Waals surface area contributed by atoms with Crippen LogP contribution in [0, 0.1) is 0 Å². The van der Waals surface area contributed by atoms with Gasteiger partial charge in [-0.2, -0.15) is 0 Å². The Morgan fingerprint density at radius 3 is 2.68 bits per heavy atom. The first-order chi connectivity index (χ1) is 15.3. The Kier molecular flexibility index (Phi) is 5.74. The summed E-state index contributed by atoms with van der Waals surface area (Å²) in [5.74, 6) is 0. The van der Waals surface area contributed by atoms with Gasteiger partial charge in [0.2, 0.25) is 0 Å². The monoisotopic (exact) mass is 413 g/mol. The summed E-state index contributed by atoms with van der Waals surface area (Å²) in [5.41, 5.74) is 3.96. The summed E-state index contributed by atoms with van der Waals surface area (Å²) in [5, 5.41) is 4.86. The van der Waals surface area contributed by atoms with E-state index < -0.39 is 0 Å². The molecule has 31 heavy (non-hydrogen) atoms. The molecule has 3 aromatic heterocycles. The van der Waals surface area contributed by atoms with Gasteiger partial charge in [-0.25, -0.2) is 0 Å². The molecule has 0 amide bonds. The van der Waals surface area contributed by atoms with Crippen LogP contribution in [0.4, 0.5) is 0 Å². The molecule has 0 aliphatic carbocycles. The van der Waals surface area contributed by atoms with E-state index in [1.54, 1.807) is 18.3 Å². The first kappa shape index (κ1) is 19.8. The lowest BCUT2D eigenvalue weighted by Crippen LogP contribution is -2.43. The van der Waals surface area contributed by atoms with E-state index in [4.69, 9.17) is 4.98 Å². The summed E-state index contributed by atoms with van der Waals surface area (Å²) < 4.78 is 1.85. The topological polar surface area (TPSA) is 63.1 Å². The van der Waals surface area contributed by atoms with Gasteiger partial charge in [-0.3, -0.25) is 14.8 Å². The zero-order chi connectivity index (χ0) is 21.0. The Morgan fingerprint density at radius 1 is 0.903 bits per heavy atom. The maximum atomic E-state index is 12.4. The fourth-order valence-electron chi connectivity index (χ4n) is 4.41. The normalized spacial score (nSPS) is 15.6. The van der Waals surface area contributed by atoms with Crippen LogP contribution in [0.25, 0.3) is 21.9 Å². The van der Waals surface area contributed by atoms with Crippen molar-refractivity contribution in [3.63, 3.8) is 0 Å². The van der Waals surface area contributed by atoms with Crippen LogP contribution in [0.5, 0.6) is 0 Å². The molecule has 0 saturated carbocycles. The van der Waals surface area contributed by atoms with Crippen LogP contribution in [-0.2, 0) is 13.1 Å². The van der Waals surface area contributed by atoms with Crippen molar-refractivity contribution in [2.45, 2.75) is 32.0 Å². The Balaban J connectivity index is 1.13. The van der Waals surface area contributed by atoms with Gasteiger partial charge in [-0.1, -0.05) is 24.3 Å². The van der Waals surface area contributed by atoms with Gasteiger partial charge in [0.25, 0.3) is 5.56 Å². The third kappa shape index (κ3) is 4.50. The molecule has 1 saturated heterocycles. The van der Waals surface area contributed by atoms with Crippen molar-refractivity contribution in [1.29, 1.82) is 0 Å². The van der Waals surface area contributed by atoms with Gasteiger partial charge in [0.15, 0.2) is 0 Å². The van der Waals surface area contributed by atoms with Crippen molar-refractivity contribution >= 4 is 21.9 Å². The summed E-state index contributed by atoms with van der Waals surface area (Å²) in [6, 6.07) is 20.3. The molecule has 1 aromatic carbocycles. The van der Waals surface area contributed by atoms with E-state index in [2.05, 4.69) is 39.5 Å². The van der Waals surface area contributed by atoms with Crippen molar-refractivity contribution in [2.75, 3.05) is 19.6 Å². The highest BCUT2D eigenvalue weighted by Crippen LogP contribution is 2.14. The number of pyridine rings is 3. The molecule has 1 aliphatic rings. The van der Waals surface area contributed by atoms with E-state index in [1.165, 1.54) is 5.39 Å². The molecule has 0 bridgehead atoms. The molecule has 4 aromatic rings. The first-order valence-electron chi connectivity index (χ1n) is 11.0. The number of fused-ring (bicyclic) bond motifs is 2. The minimum atomic E-state index is 0.0416. The number of piperidine rings is 1. The van der Waals surface area contributed by atoms with E-state index in [1.807, 2.05) is 28.8 Å². The zero-order valence-corrected chi connectivity index (χ0v) is 17.6. The Bertz CT molecular complexity index is 1240. The lowest BCUT2D eigenvalue weighted by atomic mass is 10.0. The van der Waals surface area contributed by atoms with Crippen LogP contribution in [0.1, 0.15) is 18.5 Å². The molecule has 1 aliphatic heterocycles. The number of benzene rings is 1. The fraction of sp³-hybridized carbons (Fsp3) is 0.320. The number of aromatic nitrogens is 3. The van der Waals surface area contributed by atoms with E-state index in [9.17, 15) is 4.79 Å². The van der Waals surface area contributed by atoms with Crippen LogP contribution in [-0.4, -0.2) is 45.1 Å². The maximum Gasteiger partial charge on any atom is 0.251 e. The average molecular weight is 414 g/mol. The number of rotatable bonds is 6. The number of likely N-dealkylation sites (tertiary alicyclic amines) is 1. The Morgan fingerprint density at radius 2 is 1.77 bits per heavy atom. The number of hydrogen-bond donors (Lipinski definition) is 1. The molecule has 158 valence electrons. The highest BCUT2D eigenvalue weighted by atomic mass is 16.1. The molecule has 1 N–H and O–H groups in total. The smallest absolute Gasteiger partial charge is 0.251 e. The van der Waals surface area contributed by atoms with Crippen molar-refractivity contribution < 1.29 is 0 Å². The van der Waals surface area contributed by atoms with Crippen LogP contribution in [0.15, 0.2) is 71.7 Å². The molecule has 1 fully saturated rings. The van der Waals surface area contributed by atoms with Crippen molar-refractivity contribution in [3.05, 3.63) is 82.9 Å². The lowest BCUT2D eigenvalue weighted by Gasteiger charge is -2.32.